The van der Waals surface area contributed by atoms with Crippen molar-refractivity contribution in [1.29, 1.82) is 0 Å². The monoisotopic (exact) mass is 1400 g/mol. The number of aromatic nitrogens is 12. The highest BCUT2D eigenvalue weighted by molar-refractivity contribution is 7.90. The van der Waals surface area contributed by atoms with Crippen LogP contribution in [0, 0.1) is 51.1 Å². The van der Waals surface area contributed by atoms with Crippen LogP contribution in [0.2, 0.25) is 5.28 Å². The van der Waals surface area contributed by atoms with Gasteiger partial charge in [-0.1, -0.05) is 59.7 Å². The number of sulfone groups is 1. The molecule has 2 aliphatic heterocycles. The topological polar surface area (TPSA) is 211 Å². The van der Waals surface area contributed by atoms with Crippen molar-refractivity contribution in [3.63, 3.8) is 0 Å². The molecule has 17 rings (SSSR count). The highest BCUT2D eigenvalue weighted by atomic mass is 35.5. The third kappa shape index (κ3) is 10.6. The number of hydrogen-bond acceptors (Lipinski definition) is 18. The number of piperazine rings is 2. The Hall–Kier alpha value is -8.52. The van der Waals surface area contributed by atoms with E-state index in [0.717, 1.165) is 135 Å². The van der Waals surface area contributed by atoms with Gasteiger partial charge in [-0.3, -0.25) is 4.90 Å². The van der Waals surface area contributed by atoms with Gasteiger partial charge in [-0.25, -0.2) is 64.7 Å². The molecule has 8 aliphatic rings. The maximum atomic E-state index is 14.5. The Kier molecular flexibility index (Phi) is 16.8. The van der Waals surface area contributed by atoms with Gasteiger partial charge in [0.25, 0.3) is 0 Å². The van der Waals surface area contributed by atoms with Crippen LogP contribution in [0.4, 0.5) is 38.2 Å². The van der Waals surface area contributed by atoms with Crippen LogP contribution in [-0.2, 0) is 26.1 Å². The Balaban J connectivity index is 0.000000123. The molecule has 3 saturated carbocycles. The molecule has 1 N–H and O–H groups in total. The predicted octanol–water partition coefficient (Wildman–Crippen LogP) is 12.5. The van der Waals surface area contributed by atoms with E-state index in [9.17, 15) is 34.8 Å². The number of fused-ring (bicyclic) bond motifs is 15. The van der Waals surface area contributed by atoms with Crippen molar-refractivity contribution in [3.05, 3.63) is 201 Å². The van der Waals surface area contributed by atoms with Crippen molar-refractivity contribution in [3.8, 4) is 33.8 Å². The predicted molar refractivity (Wildman–Crippen MR) is 366 cm³/mol. The van der Waals surface area contributed by atoms with Crippen molar-refractivity contribution in [1.82, 2.24) is 70.7 Å². The minimum Gasteiger partial charge on any atom is -0.338 e. The summed E-state index contributed by atoms with van der Waals surface area (Å²) in [5.41, 5.74) is 6.54. The normalized spacial score (nSPS) is 24.6. The minimum absolute atomic E-state index is 0.120. The SMILES string of the molecule is CC1(C)[C@H]2CC[C@]1(c1ccnc(Cl)n1)c1nnc(-c3c(F)cccc3F)cc12.CC1(C)[C@H]2CC[C@]1(c1ccnc(N3CCN(CCS(C)(=O)=O)CC3)n1)c1nnc(-c3c(F)cccc3F)cc12.CC1(C)[C@H]2CC[C@]1(c1ccnc(N3CCNCC3)n1)c1nnc(-c3c(F)cccc3F)cc12. The zero-order chi connectivity index (χ0) is 70.1. The summed E-state index contributed by atoms with van der Waals surface area (Å²) in [6.45, 7) is 20.3. The minimum atomic E-state index is -3.00. The number of nitrogens with one attached hydrogen (secondary N) is 1. The molecular formula is C74H75ClF6N16O2S. The van der Waals surface area contributed by atoms with E-state index in [-0.39, 0.29) is 78.8 Å². The molecule has 18 nitrogen and oxygen atoms in total. The number of rotatable bonds is 11. The first-order valence-electron chi connectivity index (χ1n) is 34.0. The van der Waals surface area contributed by atoms with Crippen LogP contribution in [0.1, 0.15) is 149 Å². The second kappa shape index (κ2) is 24.9. The van der Waals surface area contributed by atoms with Gasteiger partial charge >= 0.3 is 0 Å². The van der Waals surface area contributed by atoms with Gasteiger partial charge < -0.3 is 15.1 Å². The zero-order valence-electron chi connectivity index (χ0n) is 56.5. The first-order chi connectivity index (χ1) is 47.8. The standard InChI is InChI=1S/C28H32F2N6O2S.C25H26F2N6.C21H17ClF2N4/c1-27(2)19-7-9-28(27,25-18(19)17-22(33-34-25)24-20(29)5-4-6-21(24)30)23-8-10-31-26(32-23)36-13-11-35(12-14-36)15-16-39(3,37)38;1-24(2)16-6-8-25(24,20-7-9-29-23(30-20)33-12-10-28-11-13-33)22-15(16)14-19(31-32-22)21-17(26)4-3-5-18(21)27;1-20(2)12-6-8-21(20,16-7-9-25-19(22)26-16)18-11(12)10-15(27-28-18)17-13(23)4-3-5-14(17)24/h4-6,8,10,17,19H,7,9,11-16H2,1-3H3;3-5,7,9,14,16,28H,6,8,10-13H2,1-2H3;3-5,7,9-10,12H,6,8H2,1-2H3/t19-,28-;16-,25-;12-,21-/m000/s1. The summed E-state index contributed by atoms with van der Waals surface area (Å²) in [6.07, 6.45) is 12.0. The number of benzene rings is 3. The molecule has 6 aromatic heterocycles. The molecule has 3 aromatic carbocycles. The van der Waals surface area contributed by atoms with Crippen LogP contribution in [0.15, 0.2) is 110 Å². The van der Waals surface area contributed by atoms with Gasteiger partial charge in [0.05, 0.1) is 89.9 Å². The quantitative estimate of drug-likeness (QED) is 0.0942. The van der Waals surface area contributed by atoms with Gasteiger partial charge in [-0.15, -0.1) is 15.3 Å². The Labute approximate surface area is 581 Å². The zero-order valence-corrected chi connectivity index (χ0v) is 58.1. The average Bonchev–Trinajstić information content (AvgIpc) is 1.53. The third-order valence-corrected chi connectivity index (χ3v) is 25.0. The highest BCUT2D eigenvalue weighted by Gasteiger charge is 2.68. The molecule has 0 radical (unpaired) electrons. The summed E-state index contributed by atoms with van der Waals surface area (Å²) in [6, 6.07) is 22.8. The molecular weight excluding hydrogens is 1330 g/mol. The van der Waals surface area contributed by atoms with Crippen molar-refractivity contribution < 1.29 is 34.8 Å². The van der Waals surface area contributed by atoms with E-state index in [0.29, 0.717) is 25.6 Å². The summed E-state index contributed by atoms with van der Waals surface area (Å²) >= 11 is 6.07. The molecule has 0 amide bonds. The maximum absolute atomic E-state index is 14.5. The van der Waals surface area contributed by atoms with Crippen molar-refractivity contribution >= 4 is 33.3 Å². The van der Waals surface area contributed by atoms with Gasteiger partial charge in [-0.2, -0.15) is 15.3 Å². The lowest BCUT2D eigenvalue weighted by Crippen LogP contribution is -2.48. The van der Waals surface area contributed by atoms with Crippen LogP contribution < -0.4 is 15.1 Å². The number of halogens is 7. The van der Waals surface area contributed by atoms with Crippen molar-refractivity contribution in [2.45, 2.75) is 114 Å². The first-order valence-corrected chi connectivity index (χ1v) is 36.5. The second-order valence-electron chi connectivity index (χ2n) is 29.4. The van der Waals surface area contributed by atoms with Crippen LogP contribution in [0.5, 0.6) is 0 Å². The molecule has 0 spiro atoms. The van der Waals surface area contributed by atoms with Gasteiger partial charge in [0.2, 0.25) is 17.2 Å². The van der Waals surface area contributed by atoms with E-state index < -0.39 is 61.0 Å². The lowest BCUT2D eigenvalue weighted by Gasteiger charge is -2.38. The summed E-state index contributed by atoms with van der Waals surface area (Å²) < 4.78 is 110. The van der Waals surface area contributed by atoms with Crippen LogP contribution >= 0.6 is 11.6 Å². The van der Waals surface area contributed by atoms with E-state index in [2.05, 4.69) is 112 Å². The van der Waals surface area contributed by atoms with E-state index in [1.807, 2.05) is 36.5 Å². The van der Waals surface area contributed by atoms with Gasteiger partial charge in [0.1, 0.15) is 44.7 Å². The van der Waals surface area contributed by atoms with Crippen molar-refractivity contribution in [2.24, 2.45) is 16.2 Å². The molecule has 6 atom stereocenters. The van der Waals surface area contributed by atoms with Crippen molar-refractivity contribution in [2.75, 3.05) is 80.7 Å². The molecule has 2 saturated heterocycles. The average molecular weight is 1400 g/mol. The molecule has 9 aromatic rings. The number of nitrogens with zero attached hydrogens (tertiary/aromatic N) is 15. The Morgan fingerprint density at radius 3 is 1.16 bits per heavy atom. The summed E-state index contributed by atoms with van der Waals surface area (Å²) in [4.78, 5) is 34.3. The number of anilines is 2. The third-order valence-electron chi connectivity index (χ3n) is 23.9. The fourth-order valence-electron chi connectivity index (χ4n) is 18.7. The van der Waals surface area contributed by atoms with E-state index in [1.54, 1.807) is 18.5 Å². The molecule has 5 fully saturated rings. The molecule has 0 unspecified atom stereocenters. The largest absolute Gasteiger partial charge is 0.338 e. The lowest BCUT2D eigenvalue weighted by molar-refractivity contribution is 0.242. The Morgan fingerprint density at radius 1 is 0.470 bits per heavy atom. The van der Waals surface area contributed by atoms with Gasteiger partial charge in [0.15, 0.2) is 0 Å². The Morgan fingerprint density at radius 2 is 0.810 bits per heavy atom. The van der Waals surface area contributed by atoms with Crippen LogP contribution in [0.3, 0.4) is 0 Å². The van der Waals surface area contributed by atoms with Crippen LogP contribution in [-0.4, -0.2) is 145 Å². The molecule has 8 heterocycles. The fourth-order valence-corrected chi connectivity index (χ4v) is 19.4. The maximum Gasteiger partial charge on any atom is 0.225 e. The van der Waals surface area contributed by atoms with Crippen LogP contribution in [0.25, 0.3) is 33.8 Å². The van der Waals surface area contributed by atoms with E-state index >= 15 is 0 Å². The Bertz CT molecular complexity index is 4790. The fraction of sp³-hybridized carbons (Fsp3) is 0.432. The second-order valence-corrected chi connectivity index (χ2v) is 32.0. The van der Waals surface area contributed by atoms with Gasteiger partial charge in [-0.05, 0) is 174 Å². The summed E-state index contributed by atoms with van der Waals surface area (Å²) in [7, 11) is -3.00. The molecule has 518 valence electrons. The summed E-state index contributed by atoms with van der Waals surface area (Å²) in [5, 5.41) is 30.1. The highest BCUT2D eigenvalue weighted by Crippen LogP contribution is 2.72. The first kappa shape index (κ1) is 67.3. The smallest absolute Gasteiger partial charge is 0.225 e. The molecule has 6 aliphatic carbocycles. The van der Waals surface area contributed by atoms with E-state index in [1.165, 1.54) is 60.9 Å². The summed E-state index contributed by atoms with van der Waals surface area (Å²) in [5.74, 6) is -1.73. The van der Waals surface area contributed by atoms with Gasteiger partial charge in [0, 0.05) is 83.7 Å². The molecule has 6 bridgehead atoms. The molecule has 100 heavy (non-hydrogen) atoms. The van der Waals surface area contributed by atoms with E-state index in [4.69, 9.17) is 21.6 Å². The lowest BCUT2D eigenvalue weighted by atomic mass is 9.66. The number of hydrogen-bond donors (Lipinski definition) is 1. The molecule has 26 heteroatoms.